The predicted octanol–water partition coefficient (Wildman–Crippen LogP) is 1.61. The van der Waals surface area contributed by atoms with E-state index < -0.39 is 34.4 Å². The van der Waals surface area contributed by atoms with Crippen LogP contribution in [0.1, 0.15) is 45.4 Å². The molecule has 162 valence electrons. The molecule has 30 heavy (non-hydrogen) atoms. The maximum Gasteiger partial charge on any atom is 0.351 e. The molecule has 6 aliphatic rings. The molecule has 4 bridgehead atoms. The zero-order valence-electron chi connectivity index (χ0n) is 17.4. The van der Waals surface area contributed by atoms with Crippen LogP contribution in [0, 0.1) is 17.8 Å². The molecular weight excluding hydrogens is 408 g/mol. The first-order valence-electron chi connectivity index (χ1n) is 10.6. The minimum absolute atomic E-state index is 0.0570. The van der Waals surface area contributed by atoms with E-state index in [-0.39, 0.29) is 22.8 Å². The summed E-state index contributed by atoms with van der Waals surface area (Å²) in [6.07, 6.45) is 6.16. The molecular formula is C21H26N2O6S. The van der Waals surface area contributed by atoms with E-state index in [0.717, 1.165) is 19.3 Å². The highest BCUT2D eigenvalue weighted by Gasteiger charge is 2.61. The molecule has 2 aliphatic heterocycles. The van der Waals surface area contributed by atoms with Crippen LogP contribution in [0.25, 0.3) is 0 Å². The third kappa shape index (κ3) is 2.50. The molecule has 2 heterocycles. The van der Waals surface area contributed by atoms with Gasteiger partial charge in [0.05, 0.1) is 30.6 Å². The van der Waals surface area contributed by atoms with E-state index >= 15 is 0 Å². The molecule has 0 spiro atoms. The Hall–Kier alpha value is -2.16. The smallest absolute Gasteiger partial charge is 0.351 e. The number of esters is 2. The lowest BCUT2D eigenvalue weighted by Crippen LogP contribution is -2.59. The maximum atomic E-state index is 13.8. The topological polar surface area (TPSA) is 93.2 Å². The van der Waals surface area contributed by atoms with Gasteiger partial charge in [-0.25, -0.2) is 13.8 Å². The number of likely N-dealkylation sites (N-methyl/N-ethyl adjacent to an activating group) is 1. The lowest BCUT2D eigenvalue weighted by Gasteiger charge is -2.59. The molecule has 0 radical (unpaired) electrons. The molecule has 1 amide bonds. The largest absolute Gasteiger partial charge is 0.465 e. The first kappa shape index (κ1) is 19.8. The number of methoxy groups -OCH3 is 1. The van der Waals surface area contributed by atoms with Gasteiger partial charge < -0.3 is 14.4 Å². The second-order valence-corrected chi connectivity index (χ2v) is 10.4. The third-order valence-electron chi connectivity index (χ3n) is 7.36. The highest BCUT2D eigenvalue weighted by molar-refractivity contribution is 7.88. The van der Waals surface area contributed by atoms with Gasteiger partial charge in [-0.05, 0) is 63.2 Å². The van der Waals surface area contributed by atoms with E-state index in [1.807, 2.05) is 0 Å². The fourth-order valence-electron chi connectivity index (χ4n) is 6.74. The summed E-state index contributed by atoms with van der Waals surface area (Å²) in [7, 11) is 0.875. The summed E-state index contributed by atoms with van der Waals surface area (Å²) in [6.45, 7) is 1.79. The van der Waals surface area contributed by atoms with Crippen molar-refractivity contribution in [1.82, 2.24) is 9.21 Å². The van der Waals surface area contributed by atoms with Gasteiger partial charge in [-0.15, -0.1) is 0 Å². The van der Waals surface area contributed by atoms with Crippen LogP contribution in [0.2, 0.25) is 0 Å². The van der Waals surface area contributed by atoms with E-state index in [9.17, 15) is 18.6 Å². The molecule has 4 saturated carbocycles. The van der Waals surface area contributed by atoms with Gasteiger partial charge >= 0.3 is 11.9 Å². The summed E-state index contributed by atoms with van der Waals surface area (Å²) >= 11 is 0. The third-order valence-corrected chi connectivity index (χ3v) is 8.97. The van der Waals surface area contributed by atoms with Crippen molar-refractivity contribution in [2.75, 3.05) is 20.8 Å². The van der Waals surface area contributed by atoms with Gasteiger partial charge in [0.25, 0.3) is 5.91 Å². The summed E-state index contributed by atoms with van der Waals surface area (Å²) in [5.41, 5.74) is -0.0259. The molecule has 0 aromatic heterocycles. The first-order valence-corrected chi connectivity index (χ1v) is 11.7. The number of carbonyl (C=O) groups excluding carboxylic acids is 3. The number of hydrogen-bond donors (Lipinski definition) is 0. The van der Waals surface area contributed by atoms with Gasteiger partial charge in [-0.3, -0.25) is 9.10 Å². The number of carbonyl (C=O) groups is 3. The average molecular weight is 435 g/mol. The SMILES string of the molecule is CCOC(=O)C1=C2C(=C(C(=O)OC)S(=O)N2C23CC4CC(CC(C4)C2)C3)N(C)C1=O. The molecule has 0 aromatic carbocycles. The molecule has 0 saturated heterocycles. The molecule has 0 N–H and O–H groups in total. The molecule has 6 rings (SSSR count). The van der Waals surface area contributed by atoms with E-state index in [2.05, 4.69) is 0 Å². The van der Waals surface area contributed by atoms with Crippen molar-refractivity contribution < 1.29 is 28.1 Å². The summed E-state index contributed by atoms with van der Waals surface area (Å²) in [5.74, 6) is -0.345. The fraction of sp³-hybridized carbons (Fsp3) is 0.667. The Morgan fingerprint density at radius 3 is 2.13 bits per heavy atom. The second kappa shape index (κ2) is 6.67. The van der Waals surface area contributed by atoms with Crippen LogP contribution >= 0.6 is 0 Å². The maximum absolute atomic E-state index is 13.8. The predicted molar refractivity (Wildman–Crippen MR) is 106 cm³/mol. The van der Waals surface area contributed by atoms with Crippen molar-refractivity contribution in [3.63, 3.8) is 0 Å². The van der Waals surface area contributed by atoms with Gasteiger partial charge in [0.15, 0.2) is 21.5 Å². The molecule has 4 fully saturated rings. The lowest BCUT2D eigenvalue weighted by atomic mass is 9.53. The molecule has 8 nitrogen and oxygen atoms in total. The van der Waals surface area contributed by atoms with Gasteiger partial charge in [0, 0.05) is 7.05 Å². The highest BCUT2D eigenvalue weighted by atomic mass is 32.2. The number of hydrogen-bond acceptors (Lipinski definition) is 6. The van der Waals surface area contributed by atoms with Crippen LogP contribution in [0.3, 0.4) is 0 Å². The van der Waals surface area contributed by atoms with Crippen LogP contribution in [0.5, 0.6) is 0 Å². The van der Waals surface area contributed by atoms with E-state index in [1.165, 1.54) is 38.3 Å². The summed E-state index contributed by atoms with van der Waals surface area (Å²) in [6, 6.07) is 0. The van der Waals surface area contributed by atoms with E-state index in [4.69, 9.17) is 9.47 Å². The molecule has 1 atom stereocenters. The van der Waals surface area contributed by atoms with E-state index in [1.54, 1.807) is 11.2 Å². The van der Waals surface area contributed by atoms with Crippen LogP contribution in [-0.4, -0.2) is 57.6 Å². The van der Waals surface area contributed by atoms with Gasteiger partial charge in [-0.2, -0.15) is 0 Å². The van der Waals surface area contributed by atoms with Crippen molar-refractivity contribution >= 4 is 28.8 Å². The zero-order chi connectivity index (χ0) is 21.4. The lowest BCUT2D eigenvalue weighted by molar-refractivity contribution is -0.141. The Bertz CT molecular complexity index is 916. The number of nitrogens with zero attached hydrogens (tertiary/aromatic N) is 2. The van der Waals surface area contributed by atoms with Crippen LogP contribution in [0.15, 0.2) is 21.9 Å². The number of ether oxygens (including phenoxy) is 2. The van der Waals surface area contributed by atoms with Crippen molar-refractivity contribution in [3.8, 4) is 0 Å². The van der Waals surface area contributed by atoms with Crippen molar-refractivity contribution in [2.24, 2.45) is 17.8 Å². The van der Waals surface area contributed by atoms with E-state index in [0.29, 0.717) is 23.5 Å². The van der Waals surface area contributed by atoms with Crippen LogP contribution < -0.4 is 0 Å². The number of fused-ring (bicyclic) bond motifs is 1. The second-order valence-electron chi connectivity index (χ2n) is 9.16. The number of rotatable bonds is 4. The Labute approximate surface area is 177 Å². The Morgan fingerprint density at radius 1 is 1.07 bits per heavy atom. The minimum atomic E-state index is -1.85. The highest BCUT2D eigenvalue weighted by Crippen LogP contribution is 2.61. The summed E-state index contributed by atoms with van der Waals surface area (Å²) < 4.78 is 25.6. The van der Waals surface area contributed by atoms with Crippen molar-refractivity contribution in [1.29, 1.82) is 0 Å². The standard InChI is InChI=1S/C21H26N2O6S/c1-4-29-19(25)14-15-16(22(2)18(14)24)17(20(26)28-3)30(27)23(15)21-8-11-5-12(9-21)7-13(6-11)10-21/h11-13H,4-10H2,1-3H3. The van der Waals surface area contributed by atoms with Crippen LogP contribution in [0.4, 0.5) is 0 Å². The normalized spacial score (nSPS) is 36.7. The Balaban J connectivity index is 1.70. The minimum Gasteiger partial charge on any atom is -0.465 e. The first-order chi connectivity index (χ1) is 14.3. The summed E-state index contributed by atoms with van der Waals surface area (Å²) in [5, 5.41) is 0. The summed E-state index contributed by atoms with van der Waals surface area (Å²) in [4.78, 5) is 39.6. The molecule has 4 aliphatic carbocycles. The fourth-order valence-corrected chi connectivity index (χ4v) is 8.46. The monoisotopic (exact) mass is 434 g/mol. The molecule has 9 heteroatoms. The van der Waals surface area contributed by atoms with Crippen molar-refractivity contribution in [3.05, 3.63) is 21.9 Å². The Morgan fingerprint density at radius 2 is 1.63 bits per heavy atom. The van der Waals surface area contributed by atoms with Crippen molar-refractivity contribution in [2.45, 2.75) is 51.0 Å². The van der Waals surface area contributed by atoms with Crippen LogP contribution in [-0.2, 0) is 34.8 Å². The zero-order valence-corrected chi connectivity index (χ0v) is 18.3. The quantitative estimate of drug-likeness (QED) is 0.493. The average Bonchev–Trinajstić information content (AvgIpc) is 3.11. The Kier molecular flexibility index (Phi) is 4.40. The van der Waals surface area contributed by atoms with Gasteiger partial charge in [0.1, 0.15) is 0 Å². The number of amides is 1. The molecule has 1 unspecified atom stereocenters. The van der Waals surface area contributed by atoms with Gasteiger partial charge in [-0.1, -0.05) is 0 Å². The molecule has 0 aromatic rings. The van der Waals surface area contributed by atoms with Gasteiger partial charge in [0.2, 0.25) is 0 Å².